The second-order valence-corrected chi connectivity index (χ2v) is 9.21. The molecule has 0 aliphatic carbocycles. The summed E-state index contributed by atoms with van der Waals surface area (Å²) >= 11 is 1.47. The summed E-state index contributed by atoms with van der Waals surface area (Å²) in [6.07, 6.45) is 2.09. The van der Waals surface area contributed by atoms with Gasteiger partial charge in [0.05, 0.1) is 10.4 Å². The van der Waals surface area contributed by atoms with Crippen LogP contribution in [-0.2, 0) is 21.9 Å². The van der Waals surface area contributed by atoms with Gasteiger partial charge in [-0.05, 0) is 54.8 Å². The van der Waals surface area contributed by atoms with E-state index in [-0.39, 0.29) is 16.9 Å². The van der Waals surface area contributed by atoms with Crippen molar-refractivity contribution in [3.8, 4) is 0 Å². The molecule has 0 aliphatic rings. The first-order chi connectivity index (χ1) is 14.2. The number of thioether (sulfide) groups is 1. The summed E-state index contributed by atoms with van der Waals surface area (Å²) in [6.45, 7) is 0. The third-order valence-corrected chi connectivity index (χ3v) is 6.52. The van der Waals surface area contributed by atoms with Crippen molar-refractivity contribution in [2.24, 2.45) is 7.05 Å². The van der Waals surface area contributed by atoms with Gasteiger partial charge in [0, 0.05) is 18.8 Å². The molecule has 1 atom stereocenters. The molecular weight excluding hydrogens is 433 g/mol. The highest BCUT2D eigenvalue weighted by atomic mass is 32.2. The molecule has 1 unspecified atom stereocenters. The molecule has 1 heterocycles. The maximum absolute atomic E-state index is 13.1. The predicted octanol–water partition coefficient (Wildman–Crippen LogP) is 2.31. The van der Waals surface area contributed by atoms with E-state index in [1.54, 1.807) is 0 Å². The third-order valence-electron chi connectivity index (χ3n) is 4.41. The molecule has 0 saturated carbocycles. The standard InChI is InChI=1S/C19H20FN3O5S2/c1-23-16-8-7-14(11-17(16)28-19(23)25)30(26,27)22-15(9-10-29-2)18(24)21-13-5-3-12(20)4-6-13/h3-8,11,15,22H,9-10H2,1-2H3,(H,21,24). The Hall–Kier alpha value is -2.63. The van der Waals surface area contributed by atoms with Crippen molar-refractivity contribution >= 4 is 44.5 Å². The number of sulfonamides is 1. The molecule has 0 spiro atoms. The van der Waals surface area contributed by atoms with Gasteiger partial charge >= 0.3 is 5.76 Å². The second-order valence-electron chi connectivity index (χ2n) is 6.51. The molecule has 3 rings (SSSR count). The number of carbonyl (C=O) groups is 1. The van der Waals surface area contributed by atoms with Crippen LogP contribution in [0, 0.1) is 5.82 Å². The first-order valence-electron chi connectivity index (χ1n) is 8.88. The van der Waals surface area contributed by atoms with Crippen LogP contribution in [0.1, 0.15) is 6.42 Å². The molecule has 1 aromatic heterocycles. The molecule has 0 saturated heterocycles. The van der Waals surface area contributed by atoms with Gasteiger partial charge in [-0.25, -0.2) is 17.6 Å². The second kappa shape index (κ2) is 9.02. The fourth-order valence-corrected chi connectivity index (χ4v) is 4.49. The van der Waals surface area contributed by atoms with Crippen molar-refractivity contribution in [3.05, 3.63) is 58.8 Å². The summed E-state index contributed by atoms with van der Waals surface area (Å²) in [5, 5.41) is 2.59. The number of fused-ring (bicyclic) bond motifs is 1. The molecule has 11 heteroatoms. The zero-order chi connectivity index (χ0) is 21.9. The van der Waals surface area contributed by atoms with Crippen LogP contribution in [0.15, 0.2) is 56.6 Å². The summed E-state index contributed by atoms with van der Waals surface area (Å²) in [6, 6.07) is 8.15. The third kappa shape index (κ3) is 4.91. The number of oxazole rings is 1. The van der Waals surface area contributed by atoms with Gasteiger partial charge in [-0.3, -0.25) is 9.36 Å². The van der Waals surface area contributed by atoms with Crippen molar-refractivity contribution in [1.82, 2.24) is 9.29 Å². The lowest BCUT2D eigenvalue weighted by molar-refractivity contribution is -0.117. The number of benzene rings is 2. The Bertz CT molecular complexity index is 1220. The van der Waals surface area contributed by atoms with Crippen LogP contribution in [-0.4, -0.2) is 36.9 Å². The number of aromatic nitrogens is 1. The maximum Gasteiger partial charge on any atom is 0.419 e. The summed E-state index contributed by atoms with van der Waals surface area (Å²) in [7, 11) is -2.57. The summed E-state index contributed by atoms with van der Waals surface area (Å²) in [5.74, 6) is -1.08. The van der Waals surface area contributed by atoms with E-state index in [1.807, 2.05) is 6.26 Å². The SMILES string of the molecule is CSCCC(NS(=O)(=O)c1ccc2c(c1)oc(=O)n2C)C(=O)Nc1ccc(F)cc1. The van der Waals surface area contributed by atoms with E-state index in [2.05, 4.69) is 10.0 Å². The molecule has 0 bridgehead atoms. The van der Waals surface area contributed by atoms with E-state index >= 15 is 0 Å². The minimum absolute atomic E-state index is 0.127. The summed E-state index contributed by atoms with van der Waals surface area (Å²) in [4.78, 5) is 24.2. The molecule has 8 nitrogen and oxygen atoms in total. The molecule has 1 amide bonds. The van der Waals surface area contributed by atoms with Crippen molar-refractivity contribution in [2.45, 2.75) is 17.4 Å². The van der Waals surface area contributed by atoms with E-state index in [1.165, 1.54) is 65.8 Å². The molecule has 2 N–H and O–H groups in total. The van der Waals surface area contributed by atoms with Gasteiger partial charge < -0.3 is 9.73 Å². The zero-order valence-electron chi connectivity index (χ0n) is 16.2. The lowest BCUT2D eigenvalue weighted by atomic mass is 10.2. The maximum atomic E-state index is 13.1. The number of nitrogens with one attached hydrogen (secondary N) is 2. The number of amides is 1. The predicted molar refractivity (Wildman–Crippen MR) is 114 cm³/mol. The smallest absolute Gasteiger partial charge is 0.408 e. The Kier molecular flexibility index (Phi) is 6.64. The number of hydrogen-bond donors (Lipinski definition) is 2. The van der Waals surface area contributed by atoms with Crippen LogP contribution in [0.5, 0.6) is 0 Å². The highest BCUT2D eigenvalue weighted by Gasteiger charge is 2.26. The van der Waals surface area contributed by atoms with Crippen molar-refractivity contribution in [2.75, 3.05) is 17.3 Å². The van der Waals surface area contributed by atoms with Crippen molar-refractivity contribution in [3.63, 3.8) is 0 Å². The van der Waals surface area contributed by atoms with E-state index < -0.39 is 33.5 Å². The number of rotatable bonds is 8. The van der Waals surface area contributed by atoms with Gasteiger partial charge in [0.25, 0.3) is 0 Å². The number of aryl methyl sites for hydroxylation is 1. The monoisotopic (exact) mass is 453 g/mol. The Morgan fingerprint density at radius 3 is 2.60 bits per heavy atom. The van der Waals surface area contributed by atoms with E-state index in [9.17, 15) is 22.4 Å². The van der Waals surface area contributed by atoms with Gasteiger partial charge in [-0.2, -0.15) is 16.5 Å². The lowest BCUT2D eigenvalue weighted by Gasteiger charge is -2.18. The van der Waals surface area contributed by atoms with Crippen LogP contribution in [0.25, 0.3) is 11.1 Å². The average molecular weight is 454 g/mol. The van der Waals surface area contributed by atoms with Crippen molar-refractivity contribution in [1.29, 1.82) is 0 Å². The quantitative estimate of drug-likeness (QED) is 0.542. The fourth-order valence-electron chi connectivity index (χ4n) is 2.78. The van der Waals surface area contributed by atoms with Gasteiger partial charge in [-0.1, -0.05) is 0 Å². The lowest BCUT2D eigenvalue weighted by Crippen LogP contribution is -2.44. The number of nitrogens with zero attached hydrogens (tertiary/aromatic N) is 1. The molecule has 30 heavy (non-hydrogen) atoms. The minimum atomic E-state index is -4.08. The Labute approximate surface area is 176 Å². The Morgan fingerprint density at radius 2 is 1.93 bits per heavy atom. The van der Waals surface area contributed by atoms with Crippen LogP contribution in [0.3, 0.4) is 0 Å². The van der Waals surface area contributed by atoms with Gasteiger partial charge in [0.2, 0.25) is 15.9 Å². The molecule has 160 valence electrons. The fraction of sp³-hybridized carbons (Fsp3) is 0.263. The molecule has 3 aromatic rings. The molecule has 0 radical (unpaired) electrons. The first-order valence-corrected chi connectivity index (χ1v) is 11.8. The van der Waals surface area contributed by atoms with Crippen LogP contribution in [0.4, 0.5) is 10.1 Å². The van der Waals surface area contributed by atoms with Gasteiger partial charge in [0.15, 0.2) is 5.58 Å². The Morgan fingerprint density at radius 1 is 1.23 bits per heavy atom. The summed E-state index contributed by atoms with van der Waals surface area (Å²) in [5.41, 5.74) is 0.927. The number of halogens is 1. The first kappa shape index (κ1) is 22.1. The largest absolute Gasteiger partial charge is 0.419 e. The van der Waals surface area contributed by atoms with Crippen molar-refractivity contribution < 1.29 is 22.0 Å². The van der Waals surface area contributed by atoms with Crippen LogP contribution < -0.4 is 15.8 Å². The Balaban J connectivity index is 1.84. The topological polar surface area (TPSA) is 110 Å². The van der Waals surface area contributed by atoms with Gasteiger partial charge in [-0.15, -0.1) is 0 Å². The highest BCUT2D eigenvalue weighted by molar-refractivity contribution is 7.98. The highest BCUT2D eigenvalue weighted by Crippen LogP contribution is 2.19. The van der Waals surface area contributed by atoms with E-state index in [0.717, 1.165) is 0 Å². The molecular formula is C19H20FN3O5S2. The normalized spacial score (nSPS) is 12.8. The summed E-state index contributed by atoms with van der Waals surface area (Å²) < 4.78 is 47.5. The van der Waals surface area contributed by atoms with Crippen LogP contribution >= 0.6 is 11.8 Å². The van der Waals surface area contributed by atoms with E-state index in [4.69, 9.17) is 4.42 Å². The average Bonchev–Trinajstić information content (AvgIpc) is 3.00. The number of hydrogen-bond acceptors (Lipinski definition) is 6. The minimum Gasteiger partial charge on any atom is -0.408 e. The van der Waals surface area contributed by atoms with Crippen LogP contribution in [0.2, 0.25) is 0 Å². The zero-order valence-corrected chi connectivity index (χ0v) is 17.8. The molecule has 0 aliphatic heterocycles. The van der Waals surface area contributed by atoms with Gasteiger partial charge in [0.1, 0.15) is 11.9 Å². The molecule has 2 aromatic carbocycles. The number of anilines is 1. The van der Waals surface area contributed by atoms with E-state index in [0.29, 0.717) is 17.0 Å². The molecule has 0 fully saturated rings. The number of carbonyl (C=O) groups excluding carboxylic acids is 1.